The Labute approximate surface area is 226 Å². The standard InChI is InChI=1S/C26H44O9S2/c1-4-5-6-7-8-9-10-11-21-14-22(16-24(15-21)33-12-13-35-37(30,31)32)18-34-25(29)26(2,3)20-36-19-23(28)17-27/h14-16,23,27-28H,4-13,17-20H2,1-3H3,(H,30,31,32). The lowest BCUT2D eigenvalue weighted by Crippen LogP contribution is -2.30. The van der Waals surface area contributed by atoms with E-state index < -0.39 is 21.9 Å². The summed E-state index contributed by atoms with van der Waals surface area (Å²) in [6.45, 7) is 5.06. The van der Waals surface area contributed by atoms with Crippen LogP contribution in [0, 0.1) is 5.41 Å². The molecule has 0 aliphatic carbocycles. The van der Waals surface area contributed by atoms with Crippen LogP contribution in [0.5, 0.6) is 5.75 Å². The van der Waals surface area contributed by atoms with Crippen LogP contribution in [0.4, 0.5) is 0 Å². The van der Waals surface area contributed by atoms with Crippen LogP contribution in [0.25, 0.3) is 0 Å². The molecule has 0 aliphatic rings. The van der Waals surface area contributed by atoms with Crippen LogP contribution in [-0.4, -0.2) is 66.6 Å². The molecule has 37 heavy (non-hydrogen) atoms. The van der Waals surface area contributed by atoms with E-state index in [1.165, 1.54) is 43.9 Å². The molecule has 1 aromatic carbocycles. The average Bonchev–Trinajstić information content (AvgIpc) is 2.83. The van der Waals surface area contributed by atoms with E-state index in [1.54, 1.807) is 19.9 Å². The summed E-state index contributed by atoms with van der Waals surface area (Å²) in [6.07, 6.45) is 8.33. The first-order chi connectivity index (χ1) is 17.5. The Balaban J connectivity index is 2.73. The van der Waals surface area contributed by atoms with E-state index in [0.717, 1.165) is 30.4 Å². The molecule has 0 aromatic heterocycles. The van der Waals surface area contributed by atoms with Crippen LogP contribution >= 0.6 is 11.8 Å². The molecule has 0 amide bonds. The van der Waals surface area contributed by atoms with Crippen LogP contribution in [0.15, 0.2) is 18.2 Å². The van der Waals surface area contributed by atoms with Crippen molar-refractivity contribution in [2.75, 3.05) is 31.3 Å². The summed E-state index contributed by atoms with van der Waals surface area (Å²) >= 11 is 1.37. The Kier molecular flexibility index (Phi) is 16.4. The molecule has 0 aliphatic heterocycles. The van der Waals surface area contributed by atoms with Gasteiger partial charge in [-0.25, -0.2) is 4.18 Å². The zero-order valence-electron chi connectivity index (χ0n) is 22.3. The van der Waals surface area contributed by atoms with E-state index in [2.05, 4.69) is 11.1 Å². The monoisotopic (exact) mass is 564 g/mol. The largest absolute Gasteiger partial charge is 0.491 e. The van der Waals surface area contributed by atoms with Gasteiger partial charge < -0.3 is 19.7 Å². The van der Waals surface area contributed by atoms with Gasteiger partial charge >= 0.3 is 16.4 Å². The van der Waals surface area contributed by atoms with Gasteiger partial charge in [-0.15, -0.1) is 0 Å². The highest BCUT2D eigenvalue weighted by Gasteiger charge is 2.29. The van der Waals surface area contributed by atoms with Crippen LogP contribution in [0.2, 0.25) is 0 Å². The molecule has 1 aromatic rings. The number of aliphatic hydroxyl groups excluding tert-OH is 2. The lowest BCUT2D eigenvalue weighted by Gasteiger charge is -2.23. The minimum Gasteiger partial charge on any atom is -0.491 e. The van der Waals surface area contributed by atoms with Gasteiger partial charge in [-0.1, -0.05) is 51.5 Å². The third-order valence-corrected chi connectivity index (χ3v) is 7.60. The fraction of sp³-hybridized carbons (Fsp3) is 0.731. The van der Waals surface area contributed by atoms with Crippen molar-refractivity contribution in [2.24, 2.45) is 5.41 Å². The quantitative estimate of drug-likeness (QED) is 0.112. The molecule has 0 saturated heterocycles. The van der Waals surface area contributed by atoms with Gasteiger partial charge in [0.25, 0.3) is 0 Å². The second-order valence-electron chi connectivity index (χ2n) is 9.77. The van der Waals surface area contributed by atoms with Gasteiger partial charge in [0.05, 0.1) is 18.1 Å². The van der Waals surface area contributed by atoms with E-state index in [0.29, 0.717) is 17.3 Å². The normalized spacial score (nSPS) is 12.9. The molecule has 1 rings (SSSR count). The molecular formula is C26H44O9S2. The first kappa shape index (κ1) is 33.7. The second kappa shape index (κ2) is 18.0. The van der Waals surface area contributed by atoms with Crippen molar-refractivity contribution in [1.82, 2.24) is 0 Å². The number of carbonyl (C=O) groups excluding carboxylic acids is 1. The maximum Gasteiger partial charge on any atom is 0.397 e. The van der Waals surface area contributed by atoms with Gasteiger partial charge in [-0.3, -0.25) is 9.35 Å². The van der Waals surface area contributed by atoms with Gasteiger partial charge in [0.2, 0.25) is 0 Å². The highest BCUT2D eigenvalue weighted by atomic mass is 32.3. The molecule has 11 heteroatoms. The van der Waals surface area contributed by atoms with Crippen molar-refractivity contribution in [3.8, 4) is 5.75 Å². The van der Waals surface area contributed by atoms with Crippen molar-refractivity contribution in [3.63, 3.8) is 0 Å². The Hall–Kier alpha value is -1.37. The Morgan fingerprint density at radius 3 is 2.32 bits per heavy atom. The number of rotatable bonds is 21. The summed E-state index contributed by atoms with van der Waals surface area (Å²) in [6, 6.07) is 5.59. The van der Waals surface area contributed by atoms with Crippen LogP contribution in [0.3, 0.4) is 0 Å². The number of benzene rings is 1. The van der Waals surface area contributed by atoms with Crippen molar-refractivity contribution < 1.29 is 41.6 Å². The number of esters is 1. The summed E-state index contributed by atoms with van der Waals surface area (Å²) in [7, 11) is -4.53. The first-order valence-electron chi connectivity index (χ1n) is 12.9. The number of aryl methyl sites for hydroxylation is 1. The van der Waals surface area contributed by atoms with Gasteiger partial charge in [-0.2, -0.15) is 20.2 Å². The van der Waals surface area contributed by atoms with E-state index in [4.69, 9.17) is 19.1 Å². The van der Waals surface area contributed by atoms with E-state index in [-0.39, 0.29) is 32.4 Å². The van der Waals surface area contributed by atoms with E-state index in [9.17, 15) is 18.3 Å². The third-order valence-electron chi connectivity index (χ3n) is 5.59. The zero-order valence-corrected chi connectivity index (χ0v) is 23.9. The molecule has 0 heterocycles. The Morgan fingerprint density at radius 1 is 1.03 bits per heavy atom. The summed E-state index contributed by atoms with van der Waals surface area (Å²) < 4.78 is 45.7. The molecule has 0 radical (unpaired) electrons. The number of hydrogen-bond acceptors (Lipinski definition) is 9. The van der Waals surface area contributed by atoms with Crippen molar-refractivity contribution in [2.45, 2.75) is 84.8 Å². The fourth-order valence-electron chi connectivity index (χ4n) is 3.53. The summed E-state index contributed by atoms with van der Waals surface area (Å²) in [5, 5.41) is 18.4. The van der Waals surface area contributed by atoms with Crippen LogP contribution < -0.4 is 4.74 Å². The molecular weight excluding hydrogens is 520 g/mol. The van der Waals surface area contributed by atoms with E-state index in [1.807, 2.05) is 12.1 Å². The van der Waals surface area contributed by atoms with E-state index >= 15 is 0 Å². The summed E-state index contributed by atoms with van der Waals surface area (Å²) in [4.78, 5) is 12.7. The number of unbranched alkanes of at least 4 members (excludes halogenated alkanes) is 6. The zero-order chi connectivity index (χ0) is 27.7. The molecule has 214 valence electrons. The number of hydrogen-bond donors (Lipinski definition) is 3. The SMILES string of the molecule is CCCCCCCCCc1cc(COC(=O)C(C)(C)CSCC(O)CO)cc(OCCOS(=O)(=O)O)c1. The fourth-order valence-corrected chi connectivity index (χ4v) is 4.93. The van der Waals surface area contributed by atoms with Crippen molar-refractivity contribution >= 4 is 28.1 Å². The molecule has 0 fully saturated rings. The topological polar surface area (TPSA) is 140 Å². The van der Waals surface area contributed by atoms with Crippen LogP contribution in [-0.2, 0) is 37.1 Å². The number of carbonyl (C=O) groups is 1. The minimum atomic E-state index is -4.53. The smallest absolute Gasteiger partial charge is 0.397 e. The lowest BCUT2D eigenvalue weighted by molar-refractivity contribution is -0.154. The molecule has 0 bridgehead atoms. The van der Waals surface area contributed by atoms with Gasteiger partial charge in [0.15, 0.2) is 0 Å². The average molecular weight is 565 g/mol. The second-order valence-corrected chi connectivity index (χ2v) is 11.9. The molecule has 0 saturated carbocycles. The highest BCUT2D eigenvalue weighted by Crippen LogP contribution is 2.26. The number of thioether (sulfide) groups is 1. The highest BCUT2D eigenvalue weighted by molar-refractivity contribution is 7.99. The van der Waals surface area contributed by atoms with Gasteiger partial charge in [-0.05, 0) is 49.9 Å². The predicted molar refractivity (Wildman–Crippen MR) is 145 cm³/mol. The summed E-state index contributed by atoms with van der Waals surface area (Å²) in [5.41, 5.74) is 1.00. The lowest BCUT2D eigenvalue weighted by atomic mass is 9.97. The Morgan fingerprint density at radius 2 is 1.68 bits per heavy atom. The molecule has 0 spiro atoms. The number of aliphatic hydroxyl groups is 2. The molecule has 3 N–H and O–H groups in total. The minimum absolute atomic E-state index is 0.0505. The first-order valence-corrected chi connectivity index (χ1v) is 15.4. The van der Waals surface area contributed by atoms with Gasteiger partial charge in [0, 0.05) is 11.5 Å². The predicted octanol–water partition coefficient (Wildman–Crippen LogP) is 4.33. The van der Waals surface area contributed by atoms with Crippen LogP contribution in [0.1, 0.15) is 76.8 Å². The Bertz CT molecular complexity index is 888. The molecule has 9 nitrogen and oxygen atoms in total. The maximum atomic E-state index is 12.7. The summed E-state index contributed by atoms with van der Waals surface area (Å²) in [5.74, 6) is 0.886. The molecule has 1 unspecified atom stereocenters. The van der Waals surface area contributed by atoms with Crippen molar-refractivity contribution in [1.29, 1.82) is 0 Å². The van der Waals surface area contributed by atoms with Gasteiger partial charge in [0.1, 0.15) is 25.6 Å². The molecule has 1 atom stereocenters. The number of ether oxygens (including phenoxy) is 2. The maximum absolute atomic E-state index is 12.7. The van der Waals surface area contributed by atoms with Crippen molar-refractivity contribution in [3.05, 3.63) is 29.3 Å². The third kappa shape index (κ3) is 16.3.